The number of hydrogen-bond acceptors (Lipinski definition) is 5. The molecule has 0 spiro atoms. The summed E-state index contributed by atoms with van der Waals surface area (Å²) >= 11 is 3.42. The van der Waals surface area contributed by atoms with Crippen molar-refractivity contribution in [2.24, 2.45) is 0 Å². The van der Waals surface area contributed by atoms with Crippen molar-refractivity contribution in [3.8, 4) is 23.6 Å². The zero-order valence-corrected chi connectivity index (χ0v) is 15.9. The fourth-order valence-corrected chi connectivity index (χ4v) is 3.15. The van der Waals surface area contributed by atoms with Crippen LogP contribution in [0, 0.1) is 22.7 Å². The summed E-state index contributed by atoms with van der Waals surface area (Å²) in [6.07, 6.45) is 1.65. The molecular weight excluding hydrogens is 406 g/mol. The maximum Gasteiger partial charge on any atom is 0.145 e. The van der Waals surface area contributed by atoms with E-state index in [2.05, 4.69) is 33.2 Å². The Balaban J connectivity index is 2.12. The highest BCUT2D eigenvalue weighted by atomic mass is 79.9. The smallest absolute Gasteiger partial charge is 0.145 e. The van der Waals surface area contributed by atoms with Gasteiger partial charge in [0, 0.05) is 0 Å². The highest BCUT2D eigenvalue weighted by molar-refractivity contribution is 9.10. The van der Waals surface area contributed by atoms with Gasteiger partial charge in [-0.2, -0.15) is 15.6 Å². The Hall–Kier alpha value is -3.55. The van der Waals surface area contributed by atoms with Crippen LogP contribution in [-0.2, 0) is 0 Å². The number of benzene rings is 2. The average Bonchev–Trinajstić information content (AvgIpc) is 3.03. The number of methoxy groups -OCH3 is 1. The van der Waals surface area contributed by atoms with Gasteiger partial charge in [0.15, 0.2) is 0 Å². The lowest BCUT2D eigenvalue weighted by atomic mass is 10.1. The van der Waals surface area contributed by atoms with Gasteiger partial charge in [-0.25, -0.2) is 4.68 Å². The quantitative estimate of drug-likeness (QED) is 0.639. The molecule has 132 valence electrons. The highest BCUT2D eigenvalue weighted by Gasteiger charge is 2.20. The third-order valence-corrected chi connectivity index (χ3v) is 4.52. The minimum atomic E-state index is 0.166. The van der Waals surface area contributed by atoms with E-state index < -0.39 is 0 Å². The Morgan fingerprint density at radius 1 is 1.22 bits per heavy atom. The molecule has 2 N–H and O–H groups in total. The maximum absolute atomic E-state index is 9.65. The van der Waals surface area contributed by atoms with E-state index >= 15 is 0 Å². The van der Waals surface area contributed by atoms with Crippen LogP contribution in [0.5, 0.6) is 5.75 Å². The summed E-state index contributed by atoms with van der Waals surface area (Å²) < 4.78 is 7.43. The van der Waals surface area contributed by atoms with Gasteiger partial charge in [0.05, 0.1) is 22.8 Å². The van der Waals surface area contributed by atoms with E-state index in [0.29, 0.717) is 11.4 Å². The highest BCUT2D eigenvalue weighted by Crippen LogP contribution is 2.30. The number of rotatable bonds is 4. The zero-order chi connectivity index (χ0) is 19.4. The lowest BCUT2D eigenvalue weighted by molar-refractivity contribution is 0.412. The molecule has 1 heterocycles. The first-order valence-corrected chi connectivity index (χ1v) is 8.68. The van der Waals surface area contributed by atoms with E-state index in [9.17, 15) is 10.5 Å². The van der Waals surface area contributed by atoms with Crippen molar-refractivity contribution in [2.75, 3.05) is 12.8 Å². The second-order valence-electron chi connectivity index (χ2n) is 5.53. The van der Waals surface area contributed by atoms with Crippen molar-refractivity contribution >= 4 is 33.4 Å². The number of aromatic nitrogens is 2. The first-order valence-electron chi connectivity index (χ1n) is 7.88. The Bertz CT molecular complexity index is 1100. The predicted molar refractivity (Wildman–Crippen MR) is 107 cm³/mol. The normalized spacial score (nSPS) is 10.9. The summed E-state index contributed by atoms with van der Waals surface area (Å²) in [7, 11) is 1.58. The summed E-state index contributed by atoms with van der Waals surface area (Å²) in [5.74, 6) is 0.872. The third kappa shape index (κ3) is 3.55. The summed E-state index contributed by atoms with van der Waals surface area (Å²) in [4.78, 5) is 0. The molecule has 0 unspecified atom stereocenters. The molecule has 1 aromatic heterocycles. The number of anilines is 1. The number of halogens is 1. The molecular formula is C20H14BrN5O. The van der Waals surface area contributed by atoms with Crippen LogP contribution < -0.4 is 10.5 Å². The van der Waals surface area contributed by atoms with E-state index in [0.717, 1.165) is 10.0 Å². The van der Waals surface area contributed by atoms with E-state index in [1.807, 2.05) is 42.5 Å². The Labute approximate surface area is 164 Å². The van der Waals surface area contributed by atoms with Crippen molar-refractivity contribution in [1.29, 1.82) is 10.5 Å². The predicted octanol–water partition coefficient (Wildman–Crippen LogP) is 4.16. The van der Waals surface area contributed by atoms with Crippen LogP contribution in [0.3, 0.4) is 0 Å². The van der Waals surface area contributed by atoms with Crippen LogP contribution in [0.15, 0.2) is 53.0 Å². The molecule has 0 aliphatic rings. The molecule has 0 aliphatic heterocycles. The standard InChI is InChI=1S/C20H14BrN5O/c1-27-18-8-7-13(10-17(18)21)9-14(11-22)19-16(12-23)20(24)26(25-19)15-5-3-2-4-6-15/h2-10H,24H2,1H3/b14-9+. The molecule has 0 radical (unpaired) electrons. The molecule has 0 atom stereocenters. The van der Waals surface area contributed by atoms with Gasteiger partial charge in [0.25, 0.3) is 0 Å². The first kappa shape index (κ1) is 18.2. The lowest BCUT2D eigenvalue weighted by Gasteiger charge is -2.04. The fourth-order valence-electron chi connectivity index (χ4n) is 2.59. The number of nitrogen functional groups attached to an aromatic ring is 1. The molecule has 27 heavy (non-hydrogen) atoms. The van der Waals surface area contributed by atoms with Gasteiger partial charge >= 0.3 is 0 Å². The molecule has 3 aromatic rings. The van der Waals surface area contributed by atoms with Crippen LogP contribution in [0.4, 0.5) is 5.82 Å². The van der Waals surface area contributed by atoms with Crippen molar-refractivity contribution in [3.63, 3.8) is 0 Å². The van der Waals surface area contributed by atoms with Crippen LogP contribution in [-0.4, -0.2) is 16.9 Å². The van der Waals surface area contributed by atoms with Gasteiger partial charge in [-0.05, 0) is 51.8 Å². The molecule has 7 heteroatoms. The number of para-hydroxylation sites is 1. The van der Waals surface area contributed by atoms with E-state index in [1.165, 1.54) is 4.68 Å². The number of allylic oxidation sites excluding steroid dienone is 1. The Morgan fingerprint density at radius 3 is 2.56 bits per heavy atom. The fraction of sp³-hybridized carbons (Fsp3) is 0.0500. The minimum Gasteiger partial charge on any atom is -0.496 e. The maximum atomic E-state index is 9.65. The molecule has 0 aliphatic carbocycles. The second kappa shape index (κ2) is 7.77. The number of nitriles is 2. The molecule has 3 rings (SSSR count). The largest absolute Gasteiger partial charge is 0.496 e. The van der Waals surface area contributed by atoms with Crippen LogP contribution >= 0.6 is 15.9 Å². The van der Waals surface area contributed by atoms with E-state index in [1.54, 1.807) is 19.3 Å². The number of nitrogens with zero attached hydrogens (tertiary/aromatic N) is 4. The summed E-state index contributed by atoms with van der Waals surface area (Å²) in [6.45, 7) is 0. The van der Waals surface area contributed by atoms with Gasteiger partial charge in [-0.3, -0.25) is 0 Å². The molecule has 0 fully saturated rings. The van der Waals surface area contributed by atoms with Crippen molar-refractivity contribution in [3.05, 3.63) is 69.8 Å². The van der Waals surface area contributed by atoms with Crippen LogP contribution in [0.25, 0.3) is 17.3 Å². The molecule has 0 saturated carbocycles. The summed E-state index contributed by atoms with van der Waals surface area (Å²) in [5.41, 5.74) is 8.23. The third-order valence-electron chi connectivity index (χ3n) is 3.90. The van der Waals surface area contributed by atoms with Crippen molar-refractivity contribution in [2.45, 2.75) is 0 Å². The number of ether oxygens (including phenoxy) is 1. The van der Waals surface area contributed by atoms with Crippen molar-refractivity contribution in [1.82, 2.24) is 9.78 Å². The molecule has 0 amide bonds. The topological polar surface area (TPSA) is 101 Å². The second-order valence-corrected chi connectivity index (χ2v) is 6.39. The van der Waals surface area contributed by atoms with Gasteiger partial charge in [0.1, 0.15) is 35.0 Å². The van der Waals surface area contributed by atoms with Gasteiger partial charge in [-0.1, -0.05) is 24.3 Å². The monoisotopic (exact) mass is 419 g/mol. The zero-order valence-electron chi connectivity index (χ0n) is 14.3. The summed E-state index contributed by atoms with van der Waals surface area (Å²) in [6, 6.07) is 18.8. The van der Waals surface area contributed by atoms with Crippen LogP contribution in [0.2, 0.25) is 0 Å². The Kier molecular flexibility index (Phi) is 5.25. The van der Waals surface area contributed by atoms with Gasteiger partial charge in [-0.15, -0.1) is 0 Å². The summed E-state index contributed by atoms with van der Waals surface area (Å²) in [5, 5.41) is 23.6. The van der Waals surface area contributed by atoms with Gasteiger partial charge < -0.3 is 10.5 Å². The molecule has 0 bridgehead atoms. The van der Waals surface area contributed by atoms with Crippen molar-refractivity contribution < 1.29 is 4.74 Å². The van der Waals surface area contributed by atoms with E-state index in [-0.39, 0.29) is 22.6 Å². The Morgan fingerprint density at radius 2 is 1.96 bits per heavy atom. The average molecular weight is 420 g/mol. The van der Waals surface area contributed by atoms with E-state index in [4.69, 9.17) is 10.5 Å². The molecule has 6 nitrogen and oxygen atoms in total. The number of nitrogens with two attached hydrogens (primary N) is 1. The molecule has 2 aromatic carbocycles. The molecule has 0 saturated heterocycles. The minimum absolute atomic E-state index is 0.166. The lowest BCUT2D eigenvalue weighted by Crippen LogP contribution is -2.02. The van der Waals surface area contributed by atoms with Gasteiger partial charge in [0.2, 0.25) is 0 Å². The SMILES string of the molecule is COc1ccc(/C=C(\C#N)c2nn(-c3ccccc3)c(N)c2C#N)cc1Br. The first-order chi connectivity index (χ1) is 13.1. The van der Waals surface area contributed by atoms with Crippen LogP contribution in [0.1, 0.15) is 16.8 Å². The number of hydrogen-bond donors (Lipinski definition) is 1.